The summed E-state index contributed by atoms with van der Waals surface area (Å²) in [6.07, 6.45) is 0. The van der Waals surface area contributed by atoms with E-state index in [9.17, 15) is 0 Å². The van der Waals surface area contributed by atoms with Crippen LogP contribution in [0.25, 0.3) is 0 Å². The van der Waals surface area contributed by atoms with E-state index in [1.54, 1.807) is 0 Å². The van der Waals surface area contributed by atoms with E-state index in [4.69, 9.17) is 0 Å². The number of benzene rings is 1. The number of thiol groups is 1. The molecule has 0 saturated carbocycles. The Bertz CT molecular complexity index is 294. The summed E-state index contributed by atoms with van der Waals surface area (Å²) in [6, 6.07) is 5.84. The highest BCUT2D eigenvalue weighted by Gasteiger charge is 2.08. The lowest BCUT2D eigenvalue weighted by atomic mass is 10.2. The van der Waals surface area contributed by atoms with E-state index in [2.05, 4.69) is 22.9 Å². The third-order valence-corrected chi connectivity index (χ3v) is 1.95. The number of nitrogens with zero attached hydrogens (tertiary/aromatic N) is 2. The molecule has 0 radical (unpaired) electrons. The van der Waals surface area contributed by atoms with Crippen LogP contribution in [0, 0.1) is 0 Å². The number of rotatable bonds is 0. The third-order valence-electron chi connectivity index (χ3n) is 1.53. The van der Waals surface area contributed by atoms with Crippen molar-refractivity contribution in [2.45, 2.75) is 11.4 Å². The Balaban J connectivity index is 2.66. The fraction of sp³-hybridized carbons (Fsp3) is 0.143. The number of hydrogen-bond acceptors (Lipinski definition) is 3. The maximum Gasteiger partial charge on any atom is 0.0915 e. The molecule has 0 fully saturated rings. The van der Waals surface area contributed by atoms with Crippen LogP contribution in [0.5, 0.6) is 0 Å². The molecule has 1 aliphatic heterocycles. The summed E-state index contributed by atoms with van der Waals surface area (Å²) >= 11 is 4.27. The van der Waals surface area contributed by atoms with Crippen LogP contribution in [-0.4, -0.2) is 0 Å². The second-order valence-electron chi connectivity index (χ2n) is 2.17. The van der Waals surface area contributed by atoms with Gasteiger partial charge in [0, 0.05) is 10.5 Å². The van der Waals surface area contributed by atoms with Gasteiger partial charge in [0.1, 0.15) is 0 Å². The van der Waals surface area contributed by atoms with Gasteiger partial charge in [-0.1, -0.05) is 6.07 Å². The molecule has 0 spiro atoms. The second-order valence-corrected chi connectivity index (χ2v) is 2.66. The Kier molecular flexibility index (Phi) is 1.24. The molecule has 0 saturated heterocycles. The first-order valence-corrected chi connectivity index (χ1v) is 3.51. The molecule has 2 nitrogen and oxygen atoms in total. The molecule has 1 heterocycles. The summed E-state index contributed by atoms with van der Waals surface area (Å²) in [5.41, 5.74) is 2.11. The first-order valence-electron chi connectivity index (χ1n) is 3.06. The van der Waals surface area contributed by atoms with E-state index >= 15 is 0 Å². The smallest absolute Gasteiger partial charge is 0.0915 e. The van der Waals surface area contributed by atoms with E-state index in [1.165, 1.54) is 0 Å². The van der Waals surface area contributed by atoms with Crippen molar-refractivity contribution in [1.29, 1.82) is 0 Å². The molecule has 0 bridgehead atoms. The van der Waals surface area contributed by atoms with E-state index in [-0.39, 0.29) is 0 Å². The fourth-order valence-electron chi connectivity index (χ4n) is 1.00. The molecule has 0 N–H and O–H groups in total. The predicted octanol–water partition coefficient (Wildman–Crippen LogP) is 2.57. The van der Waals surface area contributed by atoms with Crippen LogP contribution in [0.2, 0.25) is 0 Å². The Morgan fingerprint density at radius 1 is 1.40 bits per heavy atom. The summed E-state index contributed by atoms with van der Waals surface area (Å²) in [6.45, 7) is 0.689. The van der Waals surface area contributed by atoms with Crippen molar-refractivity contribution >= 4 is 18.3 Å². The zero-order valence-electron chi connectivity index (χ0n) is 5.28. The highest BCUT2D eigenvalue weighted by atomic mass is 32.1. The van der Waals surface area contributed by atoms with Crippen LogP contribution in [0.3, 0.4) is 0 Å². The molecule has 0 unspecified atom stereocenters. The van der Waals surface area contributed by atoms with Gasteiger partial charge >= 0.3 is 0 Å². The van der Waals surface area contributed by atoms with Crippen molar-refractivity contribution in [3.63, 3.8) is 0 Å². The van der Waals surface area contributed by atoms with Gasteiger partial charge in [0.2, 0.25) is 0 Å². The van der Waals surface area contributed by atoms with E-state index in [0.717, 1.165) is 16.1 Å². The van der Waals surface area contributed by atoms with Crippen LogP contribution in [0.1, 0.15) is 5.56 Å². The van der Waals surface area contributed by atoms with Gasteiger partial charge in [-0.05, 0) is 12.1 Å². The molecule has 1 aliphatic rings. The molecular formula is C7H6N2S. The number of fused-ring (bicyclic) bond motifs is 1. The van der Waals surface area contributed by atoms with Gasteiger partial charge in [-0.3, -0.25) is 0 Å². The van der Waals surface area contributed by atoms with Crippen molar-refractivity contribution < 1.29 is 0 Å². The van der Waals surface area contributed by atoms with Gasteiger partial charge < -0.3 is 0 Å². The maximum absolute atomic E-state index is 4.27. The molecule has 1 aromatic carbocycles. The zero-order chi connectivity index (χ0) is 6.97. The molecule has 0 amide bonds. The maximum atomic E-state index is 4.27. The summed E-state index contributed by atoms with van der Waals surface area (Å²) in [5.74, 6) is 0. The van der Waals surface area contributed by atoms with Gasteiger partial charge in [-0.25, -0.2) is 0 Å². The minimum atomic E-state index is 0.689. The second kappa shape index (κ2) is 2.09. The normalized spacial score (nSPS) is 13.7. The summed E-state index contributed by atoms with van der Waals surface area (Å²) < 4.78 is 0. The first-order chi connectivity index (χ1) is 4.88. The Morgan fingerprint density at radius 3 is 3.10 bits per heavy atom. The van der Waals surface area contributed by atoms with Crippen molar-refractivity contribution in [3.05, 3.63) is 23.8 Å². The van der Waals surface area contributed by atoms with Gasteiger partial charge in [0.25, 0.3) is 0 Å². The zero-order valence-corrected chi connectivity index (χ0v) is 6.18. The molecule has 3 heteroatoms. The lowest BCUT2D eigenvalue weighted by Gasteiger charge is -1.96. The third kappa shape index (κ3) is 0.743. The van der Waals surface area contributed by atoms with Crippen molar-refractivity contribution in [3.8, 4) is 0 Å². The van der Waals surface area contributed by atoms with Crippen LogP contribution in [0.15, 0.2) is 33.3 Å². The van der Waals surface area contributed by atoms with Crippen LogP contribution in [0.4, 0.5) is 5.69 Å². The van der Waals surface area contributed by atoms with Gasteiger partial charge in [-0.15, -0.1) is 12.6 Å². The standard InChI is InChI=1S/C7H6N2S/c10-7-3-1-2-6-5(7)4-8-9-6/h1-3,10H,4H2. The quantitative estimate of drug-likeness (QED) is 0.550. The van der Waals surface area contributed by atoms with Crippen LogP contribution < -0.4 is 0 Å². The summed E-state index contributed by atoms with van der Waals surface area (Å²) in [7, 11) is 0. The van der Waals surface area contributed by atoms with Gasteiger partial charge in [-0.2, -0.15) is 10.2 Å². The molecule has 0 aromatic heterocycles. The van der Waals surface area contributed by atoms with Crippen LogP contribution >= 0.6 is 12.6 Å². The first kappa shape index (κ1) is 5.92. The SMILES string of the molecule is Sc1cccc2c1CN=N2. The summed E-state index contributed by atoms with van der Waals surface area (Å²) in [5, 5.41) is 7.82. The van der Waals surface area contributed by atoms with Crippen molar-refractivity contribution in [1.82, 2.24) is 0 Å². The molecule has 0 atom stereocenters. The van der Waals surface area contributed by atoms with E-state index < -0.39 is 0 Å². The summed E-state index contributed by atoms with van der Waals surface area (Å²) in [4.78, 5) is 0.988. The van der Waals surface area contributed by atoms with Gasteiger partial charge in [0.15, 0.2) is 0 Å². The average molecular weight is 150 g/mol. The topological polar surface area (TPSA) is 24.7 Å². The highest BCUT2D eigenvalue weighted by Crippen LogP contribution is 2.30. The minimum Gasteiger partial charge on any atom is -0.184 e. The molecule has 1 aromatic rings. The molecule has 2 rings (SSSR count). The molecule has 50 valence electrons. The number of hydrogen-bond donors (Lipinski definition) is 1. The Morgan fingerprint density at radius 2 is 2.30 bits per heavy atom. The largest absolute Gasteiger partial charge is 0.184 e. The minimum absolute atomic E-state index is 0.689. The predicted molar refractivity (Wildman–Crippen MR) is 41.9 cm³/mol. The number of azo groups is 1. The van der Waals surface area contributed by atoms with Crippen LogP contribution in [-0.2, 0) is 6.54 Å². The highest BCUT2D eigenvalue weighted by molar-refractivity contribution is 7.80. The lowest BCUT2D eigenvalue weighted by molar-refractivity contribution is 1.02. The Labute approximate surface area is 64.4 Å². The molecule has 0 aliphatic carbocycles. The lowest BCUT2D eigenvalue weighted by Crippen LogP contribution is -1.77. The monoisotopic (exact) mass is 150 g/mol. The fourth-order valence-corrected chi connectivity index (χ4v) is 1.27. The molecule has 10 heavy (non-hydrogen) atoms. The van der Waals surface area contributed by atoms with Gasteiger partial charge in [0.05, 0.1) is 12.2 Å². The van der Waals surface area contributed by atoms with E-state index in [0.29, 0.717) is 6.54 Å². The van der Waals surface area contributed by atoms with Crippen molar-refractivity contribution in [2.75, 3.05) is 0 Å². The average Bonchev–Trinajstić information content (AvgIpc) is 2.36. The molecular weight excluding hydrogens is 144 g/mol. The Hall–Kier alpha value is -0.830. The van der Waals surface area contributed by atoms with Crippen molar-refractivity contribution in [2.24, 2.45) is 10.2 Å². The van der Waals surface area contributed by atoms with E-state index in [1.807, 2.05) is 18.2 Å².